The molecule has 0 aliphatic heterocycles. The highest BCUT2D eigenvalue weighted by atomic mass is 16.1. The number of hydrogen-bond donors (Lipinski definition) is 0. The fourth-order valence-electron chi connectivity index (χ4n) is 1.96. The van der Waals surface area contributed by atoms with Gasteiger partial charge in [0.25, 0.3) is 5.56 Å². The van der Waals surface area contributed by atoms with Crippen molar-refractivity contribution in [1.29, 1.82) is 5.26 Å². The highest BCUT2D eigenvalue weighted by Crippen LogP contribution is 2.14. The van der Waals surface area contributed by atoms with Crippen LogP contribution in [0.15, 0.2) is 23.1 Å². The van der Waals surface area contributed by atoms with Crippen molar-refractivity contribution in [2.24, 2.45) is 5.92 Å². The Morgan fingerprint density at radius 1 is 1.47 bits per heavy atom. The van der Waals surface area contributed by atoms with Crippen molar-refractivity contribution in [1.82, 2.24) is 4.57 Å². The quantitative estimate of drug-likeness (QED) is 0.757. The lowest BCUT2D eigenvalue weighted by Crippen LogP contribution is -2.25. The number of hydrogen-bond acceptors (Lipinski definition) is 2. The molecule has 0 aromatic carbocycles. The van der Waals surface area contributed by atoms with Gasteiger partial charge < -0.3 is 4.57 Å². The zero-order chi connectivity index (χ0) is 12.7. The Morgan fingerprint density at radius 2 is 2.24 bits per heavy atom. The summed E-state index contributed by atoms with van der Waals surface area (Å²) in [7, 11) is 0. The molecule has 0 amide bonds. The SMILES string of the molecule is CCCCC(CC)Cn1cccc(C#N)c1=O. The number of nitriles is 1. The van der Waals surface area contributed by atoms with E-state index in [1.54, 1.807) is 22.9 Å². The second-order valence-corrected chi connectivity index (χ2v) is 4.41. The van der Waals surface area contributed by atoms with Crippen LogP contribution >= 0.6 is 0 Å². The van der Waals surface area contributed by atoms with Gasteiger partial charge in [-0.1, -0.05) is 33.1 Å². The molecule has 1 atom stereocenters. The topological polar surface area (TPSA) is 45.8 Å². The fraction of sp³-hybridized carbons (Fsp3) is 0.571. The summed E-state index contributed by atoms with van der Waals surface area (Å²) >= 11 is 0. The third-order valence-electron chi connectivity index (χ3n) is 3.14. The second-order valence-electron chi connectivity index (χ2n) is 4.41. The van der Waals surface area contributed by atoms with Crippen molar-refractivity contribution < 1.29 is 0 Å². The molecule has 0 N–H and O–H groups in total. The van der Waals surface area contributed by atoms with Crippen LogP contribution in [0, 0.1) is 17.2 Å². The van der Waals surface area contributed by atoms with Gasteiger partial charge in [0.2, 0.25) is 0 Å². The Bertz CT molecular complexity index is 442. The largest absolute Gasteiger partial charge is 0.314 e. The molecule has 0 radical (unpaired) electrons. The van der Waals surface area contributed by atoms with Gasteiger partial charge in [0, 0.05) is 12.7 Å². The predicted molar refractivity (Wildman–Crippen MR) is 68.7 cm³/mol. The van der Waals surface area contributed by atoms with Crippen LogP contribution in [0.25, 0.3) is 0 Å². The molecule has 0 aliphatic rings. The van der Waals surface area contributed by atoms with Gasteiger partial charge in [0.1, 0.15) is 11.6 Å². The third kappa shape index (κ3) is 3.74. The molecule has 1 rings (SSSR count). The van der Waals surface area contributed by atoms with Crippen LogP contribution in [-0.2, 0) is 6.54 Å². The van der Waals surface area contributed by atoms with Crippen molar-refractivity contribution >= 4 is 0 Å². The summed E-state index contributed by atoms with van der Waals surface area (Å²) in [6.07, 6.45) is 6.38. The summed E-state index contributed by atoms with van der Waals surface area (Å²) in [5.74, 6) is 0.529. The molecule has 92 valence electrons. The summed E-state index contributed by atoms with van der Waals surface area (Å²) in [4.78, 5) is 11.9. The first kappa shape index (κ1) is 13.5. The molecular weight excluding hydrogens is 212 g/mol. The molecule has 3 heteroatoms. The van der Waals surface area contributed by atoms with E-state index in [4.69, 9.17) is 5.26 Å². The van der Waals surface area contributed by atoms with Gasteiger partial charge in [-0.3, -0.25) is 4.79 Å². The first-order chi connectivity index (χ1) is 8.22. The van der Waals surface area contributed by atoms with E-state index < -0.39 is 0 Å². The van der Waals surface area contributed by atoms with Crippen molar-refractivity contribution in [3.05, 3.63) is 34.2 Å². The number of nitrogens with zero attached hydrogens (tertiary/aromatic N) is 2. The van der Waals surface area contributed by atoms with Crippen LogP contribution in [0.5, 0.6) is 0 Å². The monoisotopic (exact) mass is 232 g/mol. The Hall–Kier alpha value is -1.56. The summed E-state index contributed by atoms with van der Waals surface area (Å²) in [6, 6.07) is 5.28. The predicted octanol–water partition coefficient (Wildman–Crippen LogP) is 2.94. The molecular formula is C14H20N2O. The summed E-state index contributed by atoms with van der Waals surface area (Å²) in [5, 5.41) is 8.81. The van der Waals surface area contributed by atoms with E-state index in [1.165, 1.54) is 12.8 Å². The summed E-state index contributed by atoms with van der Waals surface area (Å²) < 4.78 is 1.67. The molecule has 1 heterocycles. The lowest BCUT2D eigenvalue weighted by atomic mass is 9.99. The summed E-state index contributed by atoms with van der Waals surface area (Å²) in [5.41, 5.74) is 0.0720. The van der Waals surface area contributed by atoms with Gasteiger partial charge in [-0.05, 0) is 24.5 Å². The van der Waals surface area contributed by atoms with Gasteiger partial charge in [-0.25, -0.2) is 0 Å². The highest BCUT2D eigenvalue weighted by Gasteiger charge is 2.09. The number of rotatable bonds is 6. The first-order valence-electron chi connectivity index (χ1n) is 6.32. The van der Waals surface area contributed by atoms with Crippen LogP contribution in [0.4, 0.5) is 0 Å². The lowest BCUT2D eigenvalue weighted by molar-refractivity contribution is 0.385. The molecule has 1 aromatic rings. The first-order valence-corrected chi connectivity index (χ1v) is 6.32. The minimum Gasteiger partial charge on any atom is -0.314 e. The maximum absolute atomic E-state index is 11.9. The van der Waals surface area contributed by atoms with Crippen LogP contribution in [-0.4, -0.2) is 4.57 Å². The minimum atomic E-state index is -0.162. The normalized spacial score (nSPS) is 12.1. The van der Waals surface area contributed by atoms with Gasteiger partial charge in [0.05, 0.1) is 0 Å². The van der Waals surface area contributed by atoms with Gasteiger partial charge in [0.15, 0.2) is 0 Å². The van der Waals surface area contributed by atoms with Gasteiger partial charge >= 0.3 is 0 Å². The molecule has 0 saturated heterocycles. The number of pyridine rings is 1. The Balaban J connectivity index is 2.80. The van der Waals surface area contributed by atoms with E-state index in [-0.39, 0.29) is 11.1 Å². The average molecular weight is 232 g/mol. The molecule has 1 aromatic heterocycles. The van der Waals surface area contributed by atoms with Gasteiger partial charge in [-0.2, -0.15) is 5.26 Å². The van der Waals surface area contributed by atoms with E-state index in [0.29, 0.717) is 5.92 Å². The van der Waals surface area contributed by atoms with Crippen molar-refractivity contribution in [3.8, 4) is 6.07 Å². The van der Waals surface area contributed by atoms with Crippen LogP contribution < -0.4 is 5.56 Å². The molecule has 17 heavy (non-hydrogen) atoms. The van der Waals surface area contributed by atoms with Crippen molar-refractivity contribution in [2.45, 2.75) is 46.1 Å². The molecule has 1 unspecified atom stereocenters. The van der Waals surface area contributed by atoms with Crippen LogP contribution in [0.2, 0.25) is 0 Å². The number of unbranched alkanes of at least 4 members (excludes halogenated alkanes) is 1. The van der Waals surface area contributed by atoms with Crippen molar-refractivity contribution in [3.63, 3.8) is 0 Å². The van der Waals surface area contributed by atoms with Crippen LogP contribution in [0.3, 0.4) is 0 Å². The molecule has 0 aliphatic carbocycles. The van der Waals surface area contributed by atoms with E-state index in [2.05, 4.69) is 13.8 Å². The second kappa shape index (κ2) is 6.90. The maximum atomic E-state index is 11.9. The third-order valence-corrected chi connectivity index (χ3v) is 3.14. The van der Waals surface area contributed by atoms with E-state index >= 15 is 0 Å². The molecule has 0 fully saturated rings. The molecule has 0 bridgehead atoms. The fourth-order valence-corrected chi connectivity index (χ4v) is 1.96. The molecule has 3 nitrogen and oxygen atoms in total. The Kier molecular flexibility index (Phi) is 5.48. The van der Waals surface area contributed by atoms with Crippen LogP contribution in [0.1, 0.15) is 45.1 Å². The maximum Gasteiger partial charge on any atom is 0.268 e. The highest BCUT2D eigenvalue weighted by molar-refractivity contribution is 5.24. The van der Waals surface area contributed by atoms with E-state index in [0.717, 1.165) is 19.4 Å². The minimum absolute atomic E-state index is 0.162. The number of aromatic nitrogens is 1. The zero-order valence-corrected chi connectivity index (χ0v) is 10.6. The standard InChI is InChI=1S/C14H20N2O/c1-3-5-7-12(4-2)11-16-9-6-8-13(10-15)14(16)17/h6,8-9,12H,3-5,7,11H2,1-2H3. The summed E-state index contributed by atoms with van der Waals surface area (Å²) in [6.45, 7) is 5.06. The smallest absolute Gasteiger partial charge is 0.268 e. The van der Waals surface area contributed by atoms with E-state index in [1.807, 2.05) is 6.07 Å². The van der Waals surface area contributed by atoms with E-state index in [9.17, 15) is 4.79 Å². The van der Waals surface area contributed by atoms with Crippen molar-refractivity contribution in [2.75, 3.05) is 0 Å². The Labute approximate surface area is 103 Å². The Morgan fingerprint density at radius 3 is 2.82 bits per heavy atom. The van der Waals surface area contributed by atoms with Gasteiger partial charge in [-0.15, -0.1) is 0 Å². The molecule has 0 saturated carbocycles. The lowest BCUT2D eigenvalue weighted by Gasteiger charge is -2.15. The average Bonchev–Trinajstić information content (AvgIpc) is 2.36. The zero-order valence-electron chi connectivity index (χ0n) is 10.6. The molecule has 0 spiro atoms.